The van der Waals surface area contributed by atoms with Crippen molar-refractivity contribution < 1.29 is 14.6 Å². The van der Waals surface area contributed by atoms with Gasteiger partial charge in [0.05, 0.1) is 17.2 Å². The van der Waals surface area contributed by atoms with E-state index in [2.05, 4.69) is 6.92 Å². The van der Waals surface area contributed by atoms with Gasteiger partial charge in [-0.05, 0) is 24.6 Å². The lowest BCUT2D eigenvalue weighted by molar-refractivity contribution is 0.0696. The Morgan fingerprint density at radius 2 is 1.89 bits per heavy atom. The Labute approximate surface area is 119 Å². The minimum absolute atomic E-state index is 0.0853. The fraction of sp³-hybridized carbons (Fsp3) is 0.533. The zero-order valence-corrected chi connectivity index (χ0v) is 12.1. The number of carbonyl (C=O) groups is 1. The number of aromatic carboxylic acids is 1. The molecule has 0 radical (unpaired) electrons. The molecular formula is C15H21ClO3. The topological polar surface area (TPSA) is 46.5 Å². The van der Waals surface area contributed by atoms with Crippen LogP contribution in [0.2, 0.25) is 5.02 Å². The summed E-state index contributed by atoms with van der Waals surface area (Å²) in [5, 5.41) is 9.18. The molecule has 1 aromatic carbocycles. The molecule has 1 N–H and O–H groups in total. The Hall–Kier alpha value is -1.22. The van der Waals surface area contributed by atoms with Gasteiger partial charge in [0.15, 0.2) is 0 Å². The predicted molar refractivity (Wildman–Crippen MR) is 77.3 cm³/mol. The lowest BCUT2D eigenvalue weighted by atomic mass is 10.1. The quantitative estimate of drug-likeness (QED) is 0.664. The Morgan fingerprint density at radius 1 is 1.21 bits per heavy atom. The van der Waals surface area contributed by atoms with Crippen molar-refractivity contribution in [1.29, 1.82) is 0 Å². The van der Waals surface area contributed by atoms with E-state index in [0.29, 0.717) is 12.4 Å². The first-order valence-corrected chi connectivity index (χ1v) is 7.18. The van der Waals surface area contributed by atoms with E-state index in [4.69, 9.17) is 21.4 Å². The Bertz CT molecular complexity index is 404. The largest absolute Gasteiger partial charge is 0.494 e. The molecule has 1 aromatic rings. The van der Waals surface area contributed by atoms with E-state index in [9.17, 15) is 4.79 Å². The fourth-order valence-electron chi connectivity index (χ4n) is 1.83. The molecule has 3 nitrogen and oxygen atoms in total. The second kappa shape index (κ2) is 8.81. The van der Waals surface area contributed by atoms with Gasteiger partial charge in [0.2, 0.25) is 0 Å². The molecule has 0 amide bonds. The number of unbranched alkanes of at least 4 members (excludes halogenated alkanes) is 5. The van der Waals surface area contributed by atoms with Gasteiger partial charge in [0, 0.05) is 0 Å². The molecule has 0 unspecified atom stereocenters. The zero-order valence-electron chi connectivity index (χ0n) is 11.3. The molecule has 0 aromatic heterocycles. The molecule has 0 atom stereocenters. The van der Waals surface area contributed by atoms with Gasteiger partial charge in [0.25, 0.3) is 0 Å². The zero-order chi connectivity index (χ0) is 14.1. The molecule has 0 saturated carbocycles. The summed E-state index contributed by atoms with van der Waals surface area (Å²) < 4.78 is 5.54. The predicted octanol–water partition coefficient (Wildman–Crippen LogP) is 4.78. The molecule has 0 aliphatic rings. The maximum atomic E-state index is 10.9. The third-order valence-electron chi connectivity index (χ3n) is 2.93. The molecule has 106 valence electrons. The summed E-state index contributed by atoms with van der Waals surface area (Å²) in [6.45, 7) is 2.82. The highest BCUT2D eigenvalue weighted by atomic mass is 35.5. The standard InChI is InChI=1S/C15H21ClO3/c1-2-3-4-5-6-7-10-19-12-8-9-14(16)13(11-12)15(17)18/h8-9,11H,2-7,10H2,1H3,(H,17,18). The molecule has 0 aliphatic carbocycles. The first-order chi connectivity index (χ1) is 9.15. The number of halogens is 1. The molecular weight excluding hydrogens is 264 g/mol. The second-order valence-corrected chi connectivity index (χ2v) is 4.97. The van der Waals surface area contributed by atoms with Crippen molar-refractivity contribution in [3.8, 4) is 5.75 Å². The van der Waals surface area contributed by atoms with Gasteiger partial charge >= 0.3 is 5.97 Å². The lowest BCUT2D eigenvalue weighted by Crippen LogP contribution is -2.01. The van der Waals surface area contributed by atoms with Gasteiger partial charge in [-0.25, -0.2) is 4.79 Å². The van der Waals surface area contributed by atoms with Gasteiger partial charge in [-0.3, -0.25) is 0 Å². The van der Waals surface area contributed by atoms with Crippen LogP contribution < -0.4 is 4.74 Å². The first-order valence-electron chi connectivity index (χ1n) is 6.80. The highest BCUT2D eigenvalue weighted by molar-refractivity contribution is 6.33. The number of benzene rings is 1. The first kappa shape index (κ1) is 15.8. The van der Waals surface area contributed by atoms with Gasteiger partial charge < -0.3 is 9.84 Å². The van der Waals surface area contributed by atoms with Crippen LogP contribution in [0.1, 0.15) is 55.8 Å². The number of rotatable bonds is 9. The van der Waals surface area contributed by atoms with Gasteiger partial charge in [-0.15, -0.1) is 0 Å². The van der Waals surface area contributed by atoms with E-state index in [-0.39, 0.29) is 10.6 Å². The van der Waals surface area contributed by atoms with Crippen LogP contribution in [0.25, 0.3) is 0 Å². The fourth-order valence-corrected chi connectivity index (χ4v) is 2.03. The van der Waals surface area contributed by atoms with Crippen LogP contribution in [0, 0.1) is 0 Å². The van der Waals surface area contributed by atoms with E-state index in [1.807, 2.05) is 0 Å². The number of carboxylic acids is 1. The number of hydrogen-bond donors (Lipinski definition) is 1. The summed E-state index contributed by atoms with van der Waals surface area (Å²) in [6.07, 6.45) is 7.20. The lowest BCUT2D eigenvalue weighted by Gasteiger charge is -2.07. The van der Waals surface area contributed by atoms with Crippen molar-refractivity contribution in [2.75, 3.05) is 6.61 Å². The normalized spacial score (nSPS) is 10.4. The second-order valence-electron chi connectivity index (χ2n) is 4.56. The van der Waals surface area contributed by atoms with Gasteiger partial charge in [-0.2, -0.15) is 0 Å². The van der Waals surface area contributed by atoms with Crippen molar-refractivity contribution in [2.24, 2.45) is 0 Å². The Balaban J connectivity index is 2.30. The van der Waals surface area contributed by atoms with Crippen LogP contribution in [0.4, 0.5) is 0 Å². The molecule has 0 spiro atoms. The third kappa shape index (κ3) is 5.97. The van der Waals surface area contributed by atoms with Crippen LogP contribution >= 0.6 is 11.6 Å². The van der Waals surface area contributed by atoms with E-state index < -0.39 is 5.97 Å². The molecule has 0 saturated heterocycles. The van der Waals surface area contributed by atoms with E-state index in [1.165, 1.54) is 31.7 Å². The number of ether oxygens (including phenoxy) is 1. The molecule has 0 aliphatic heterocycles. The van der Waals surface area contributed by atoms with Crippen LogP contribution in [-0.2, 0) is 0 Å². The Kier molecular flexibility index (Phi) is 7.34. The van der Waals surface area contributed by atoms with E-state index in [1.54, 1.807) is 12.1 Å². The van der Waals surface area contributed by atoms with Crippen LogP contribution in [-0.4, -0.2) is 17.7 Å². The molecule has 0 heterocycles. The van der Waals surface area contributed by atoms with Crippen molar-refractivity contribution in [2.45, 2.75) is 45.4 Å². The summed E-state index contributed by atoms with van der Waals surface area (Å²) in [7, 11) is 0. The smallest absolute Gasteiger partial charge is 0.337 e. The molecule has 19 heavy (non-hydrogen) atoms. The third-order valence-corrected chi connectivity index (χ3v) is 3.26. The maximum Gasteiger partial charge on any atom is 0.337 e. The van der Waals surface area contributed by atoms with Crippen molar-refractivity contribution in [3.63, 3.8) is 0 Å². The molecule has 0 bridgehead atoms. The summed E-state index contributed by atoms with van der Waals surface area (Å²) in [5.74, 6) is -0.467. The number of hydrogen-bond acceptors (Lipinski definition) is 2. The maximum absolute atomic E-state index is 10.9. The van der Waals surface area contributed by atoms with Gasteiger partial charge in [-0.1, -0.05) is 50.6 Å². The summed E-state index contributed by atoms with van der Waals surface area (Å²) >= 11 is 5.79. The summed E-state index contributed by atoms with van der Waals surface area (Å²) in [5.41, 5.74) is 0.0853. The Morgan fingerprint density at radius 3 is 2.58 bits per heavy atom. The van der Waals surface area contributed by atoms with E-state index >= 15 is 0 Å². The monoisotopic (exact) mass is 284 g/mol. The summed E-state index contributed by atoms with van der Waals surface area (Å²) in [6, 6.07) is 4.73. The van der Waals surface area contributed by atoms with Crippen molar-refractivity contribution in [3.05, 3.63) is 28.8 Å². The van der Waals surface area contributed by atoms with Crippen LogP contribution in [0.3, 0.4) is 0 Å². The average Bonchev–Trinajstić information content (AvgIpc) is 2.39. The minimum atomic E-state index is -1.03. The molecule has 4 heteroatoms. The molecule has 0 fully saturated rings. The summed E-state index contributed by atoms with van der Waals surface area (Å²) in [4.78, 5) is 10.9. The number of carboxylic acid groups (broad SMARTS) is 1. The highest BCUT2D eigenvalue weighted by Crippen LogP contribution is 2.22. The minimum Gasteiger partial charge on any atom is -0.494 e. The van der Waals surface area contributed by atoms with Crippen molar-refractivity contribution in [1.82, 2.24) is 0 Å². The average molecular weight is 285 g/mol. The van der Waals surface area contributed by atoms with Gasteiger partial charge in [0.1, 0.15) is 5.75 Å². The van der Waals surface area contributed by atoms with Crippen LogP contribution in [0.15, 0.2) is 18.2 Å². The highest BCUT2D eigenvalue weighted by Gasteiger charge is 2.09. The van der Waals surface area contributed by atoms with Crippen molar-refractivity contribution >= 4 is 17.6 Å². The molecule has 1 rings (SSSR count). The van der Waals surface area contributed by atoms with Crippen LogP contribution in [0.5, 0.6) is 5.75 Å². The SMILES string of the molecule is CCCCCCCCOc1ccc(Cl)c(C(=O)O)c1. The van der Waals surface area contributed by atoms with E-state index in [0.717, 1.165) is 12.8 Å².